The van der Waals surface area contributed by atoms with Crippen molar-refractivity contribution in [2.45, 2.75) is 38.3 Å². The first-order chi connectivity index (χ1) is 12.9. The van der Waals surface area contributed by atoms with Crippen molar-refractivity contribution in [1.82, 2.24) is 9.62 Å². The number of sulfonamides is 1. The first-order valence-corrected chi connectivity index (χ1v) is 10.6. The third kappa shape index (κ3) is 6.86. The molecule has 1 unspecified atom stereocenters. The molecule has 1 heterocycles. The van der Waals surface area contributed by atoms with E-state index in [-0.39, 0.29) is 11.9 Å². The van der Waals surface area contributed by atoms with E-state index in [9.17, 15) is 13.2 Å². The van der Waals surface area contributed by atoms with Crippen LogP contribution in [0.15, 0.2) is 30.3 Å². The molecule has 1 amide bonds. The average Bonchev–Trinajstić information content (AvgIpc) is 2.65. The van der Waals surface area contributed by atoms with Gasteiger partial charge in [-0.25, -0.2) is 17.5 Å². The van der Waals surface area contributed by atoms with E-state index >= 15 is 0 Å². The Morgan fingerprint density at radius 1 is 1.30 bits per heavy atom. The number of benzene rings is 1. The summed E-state index contributed by atoms with van der Waals surface area (Å²) in [7, 11) is -3.60. The molecular weight excluding hydrogens is 368 g/mol. The molecule has 2 rings (SSSR count). The van der Waals surface area contributed by atoms with E-state index in [1.165, 1.54) is 4.31 Å². The van der Waals surface area contributed by atoms with Gasteiger partial charge in [-0.05, 0) is 18.4 Å². The summed E-state index contributed by atoms with van der Waals surface area (Å²) in [5.41, 5.74) is 0.621. The molecule has 2 N–H and O–H groups in total. The van der Waals surface area contributed by atoms with Crippen LogP contribution in [0.25, 0.3) is 0 Å². The minimum absolute atomic E-state index is 0.00432. The van der Waals surface area contributed by atoms with Gasteiger partial charge in [0, 0.05) is 19.5 Å². The molecule has 1 saturated heterocycles. The second kappa shape index (κ2) is 10.3. The van der Waals surface area contributed by atoms with Crippen LogP contribution >= 0.6 is 0 Å². The summed E-state index contributed by atoms with van der Waals surface area (Å²) in [6, 6.07) is 7.92. The molecule has 1 fully saturated rings. The molecule has 1 aromatic rings. The molecule has 0 bridgehead atoms. The predicted molar refractivity (Wildman–Crippen MR) is 103 cm³/mol. The van der Waals surface area contributed by atoms with Crippen molar-refractivity contribution in [1.29, 1.82) is 0 Å². The lowest BCUT2D eigenvalue weighted by Crippen LogP contribution is -2.44. The zero-order valence-electron chi connectivity index (χ0n) is 15.4. The van der Waals surface area contributed by atoms with Gasteiger partial charge in [-0.2, -0.15) is 0 Å². The largest absolute Gasteiger partial charge is 0.465 e. The molecule has 8 heteroatoms. The molecular formula is C19H26N2O5S. The third-order valence-corrected chi connectivity index (χ3v) is 6.27. The summed E-state index contributed by atoms with van der Waals surface area (Å²) < 4.78 is 32.7. The number of piperidine rings is 1. The van der Waals surface area contributed by atoms with Crippen LogP contribution in [0.5, 0.6) is 0 Å². The van der Waals surface area contributed by atoms with E-state index in [1.807, 2.05) is 6.92 Å². The number of carbonyl (C=O) groups is 1. The van der Waals surface area contributed by atoms with Gasteiger partial charge in [-0.1, -0.05) is 43.2 Å². The van der Waals surface area contributed by atoms with Crippen molar-refractivity contribution in [2.75, 3.05) is 25.4 Å². The Morgan fingerprint density at radius 3 is 2.56 bits per heavy atom. The molecule has 1 aliphatic rings. The topological polar surface area (TPSA) is 95.9 Å². The second-order valence-corrected chi connectivity index (χ2v) is 8.32. The van der Waals surface area contributed by atoms with E-state index < -0.39 is 22.2 Å². The van der Waals surface area contributed by atoms with E-state index in [2.05, 4.69) is 17.2 Å². The van der Waals surface area contributed by atoms with E-state index in [4.69, 9.17) is 9.84 Å². The summed E-state index contributed by atoms with van der Waals surface area (Å²) in [4.78, 5) is 11.1. The van der Waals surface area contributed by atoms with Crippen LogP contribution in [0.1, 0.15) is 37.8 Å². The first-order valence-electron chi connectivity index (χ1n) is 9.02. The quantitative estimate of drug-likeness (QED) is 0.692. The van der Waals surface area contributed by atoms with Gasteiger partial charge in [0.25, 0.3) is 0 Å². The maximum atomic E-state index is 12.8. The zero-order valence-corrected chi connectivity index (χ0v) is 16.2. The normalized spacial score (nSPS) is 16.9. The molecule has 7 nitrogen and oxygen atoms in total. The number of hydrogen-bond acceptors (Lipinski definition) is 4. The maximum Gasteiger partial charge on any atom is 0.405 e. The highest BCUT2D eigenvalue weighted by Crippen LogP contribution is 2.21. The van der Waals surface area contributed by atoms with E-state index in [0.29, 0.717) is 38.1 Å². The lowest BCUT2D eigenvalue weighted by atomic mass is 10.1. The molecule has 27 heavy (non-hydrogen) atoms. The third-order valence-electron chi connectivity index (χ3n) is 4.36. The van der Waals surface area contributed by atoms with E-state index in [0.717, 1.165) is 6.42 Å². The van der Waals surface area contributed by atoms with Crippen LogP contribution in [-0.4, -0.2) is 55.5 Å². The summed E-state index contributed by atoms with van der Waals surface area (Å²) in [5, 5.41) is 11.4. The Bertz CT molecular complexity index is 762. The van der Waals surface area contributed by atoms with Crippen LogP contribution in [0.3, 0.4) is 0 Å². The summed E-state index contributed by atoms with van der Waals surface area (Å²) in [6.07, 6.45) is 0.752. The smallest absolute Gasteiger partial charge is 0.405 e. The Morgan fingerprint density at radius 2 is 1.96 bits per heavy atom. The summed E-state index contributed by atoms with van der Waals surface area (Å²) in [5.74, 6) is 5.55. The molecule has 148 valence electrons. The number of nitrogens with zero attached hydrogens (tertiary/aromatic N) is 1. The highest BCUT2D eigenvalue weighted by atomic mass is 32.2. The minimum atomic E-state index is -3.60. The van der Waals surface area contributed by atoms with Crippen molar-refractivity contribution < 1.29 is 23.1 Å². The number of amides is 1. The SMILES string of the molecule is CCC#CCOC1CCN(S(=O)(=O)CC(NC(=O)O)c2ccccc2)CC1. The Balaban J connectivity index is 1.95. The van der Waals surface area contributed by atoms with Crippen LogP contribution in [0.4, 0.5) is 4.79 Å². The Hall–Kier alpha value is -2.08. The molecule has 0 radical (unpaired) electrons. The summed E-state index contributed by atoms with van der Waals surface area (Å²) in [6.45, 7) is 3.06. The van der Waals surface area contributed by atoms with Gasteiger partial charge in [0.05, 0.1) is 17.9 Å². The van der Waals surface area contributed by atoms with Gasteiger partial charge >= 0.3 is 6.09 Å². The predicted octanol–water partition coefficient (Wildman–Crippen LogP) is 2.22. The summed E-state index contributed by atoms with van der Waals surface area (Å²) >= 11 is 0. The number of carboxylic acid groups (broad SMARTS) is 1. The fourth-order valence-electron chi connectivity index (χ4n) is 2.98. The molecule has 1 atom stereocenters. The van der Waals surface area contributed by atoms with Crippen molar-refractivity contribution in [3.8, 4) is 11.8 Å². The number of nitrogens with one attached hydrogen (secondary N) is 1. The number of rotatable bonds is 7. The van der Waals surface area contributed by atoms with Crippen LogP contribution in [0.2, 0.25) is 0 Å². The van der Waals surface area contributed by atoms with Gasteiger partial charge in [-0.15, -0.1) is 5.92 Å². The van der Waals surface area contributed by atoms with Gasteiger partial charge in [0.1, 0.15) is 6.61 Å². The monoisotopic (exact) mass is 394 g/mol. The molecule has 1 aromatic carbocycles. The highest BCUT2D eigenvalue weighted by Gasteiger charge is 2.31. The van der Waals surface area contributed by atoms with Crippen molar-refractivity contribution in [3.63, 3.8) is 0 Å². The second-order valence-electron chi connectivity index (χ2n) is 6.31. The van der Waals surface area contributed by atoms with Crippen LogP contribution in [0, 0.1) is 11.8 Å². The van der Waals surface area contributed by atoms with Crippen molar-refractivity contribution in [2.24, 2.45) is 0 Å². The van der Waals surface area contributed by atoms with Crippen molar-refractivity contribution in [3.05, 3.63) is 35.9 Å². The molecule has 0 aliphatic carbocycles. The van der Waals surface area contributed by atoms with E-state index in [1.54, 1.807) is 30.3 Å². The minimum Gasteiger partial charge on any atom is -0.465 e. The zero-order chi connectivity index (χ0) is 19.7. The van der Waals surface area contributed by atoms with Gasteiger partial charge < -0.3 is 15.2 Å². The lowest BCUT2D eigenvalue weighted by molar-refractivity contribution is 0.0409. The Kier molecular flexibility index (Phi) is 8.10. The first kappa shape index (κ1) is 21.2. The number of ether oxygens (including phenoxy) is 1. The van der Waals surface area contributed by atoms with Gasteiger partial charge in [-0.3, -0.25) is 0 Å². The fraction of sp³-hybridized carbons (Fsp3) is 0.526. The van der Waals surface area contributed by atoms with Crippen LogP contribution < -0.4 is 5.32 Å². The molecule has 0 spiro atoms. The highest BCUT2D eigenvalue weighted by molar-refractivity contribution is 7.89. The molecule has 0 aromatic heterocycles. The maximum absolute atomic E-state index is 12.8. The van der Waals surface area contributed by atoms with Gasteiger partial charge in [0.2, 0.25) is 10.0 Å². The van der Waals surface area contributed by atoms with Crippen molar-refractivity contribution >= 4 is 16.1 Å². The fourth-order valence-corrected chi connectivity index (χ4v) is 4.66. The Labute approximate surface area is 160 Å². The molecule has 0 saturated carbocycles. The lowest BCUT2D eigenvalue weighted by Gasteiger charge is -2.32. The van der Waals surface area contributed by atoms with Gasteiger partial charge in [0.15, 0.2) is 0 Å². The van der Waals surface area contributed by atoms with Crippen LogP contribution in [-0.2, 0) is 14.8 Å². The average molecular weight is 394 g/mol. The number of hydrogen-bond donors (Lipinski definition) is 2. The standard InChI is InChI=1S/C19H26N2O5S/c1-2-3-7-14-26-17-10-12-21(13-11-17)27(24,25)15-18(20-19(22)23)16-8-5-4-6-9-16/h4-6,8-9,17-18,20H,2,10-15H2,1H3,(H,22,23). The molecule has 1 aliphatic heterocycles.